The fraction of sp³-hybridized carbons (Fsp3) is 0.250. The van der Waals surface area contributed by atoms with Crippen LogP contribution in [0.1, 0.15) is 11.1 Å². The molecule has 7 heteroatoms. The number of hydrogen-bond acceptors (Lipinski definition) is 7. The molecule has 2 aromatic rings. The summed E-state index contributed by atoms with van der Waals surface area (Å²) in [5.74, 6) is 0.952. The van der Waals surface area contributed by atoms with Gasteiger partial charge in [-0.15, -0.1) is 0 Å². The Hall–Kier alpha value is -3.35. The standard InChI is InChI=1S/C20H22O7/c1-23-16-7-6-12(9-15(16)21)8-14(20(22)27-5)13-10-17(24-2)19(26-4)18(11-13)25-3/h6-11,21H,1-5H3/b14-8+. The van der Waals surface area contributed by atoms with Crippen LogP contribution in [0.3, 0.4) is 0 Å². The van der Waals surface area contributed by atoms with Crippen molar-refractivity contribution in [2.45, 2.75) is 0 Å². The fourth-order valence-electron chi connectivity index (χ4n) is 2.57. The van der Waals surface area contributed by atoms with E-state index in [1.54, 1.807) is 30.3 Å². The first-order valence-electron chi connectivity index (χ1n) is 7.96. The molecule has 0 heterocycles. The largest absolute Gasteiger partial charge is 0.504 e. The van der Waals surface area contributed by atoms with Crippen LogP contribution < -0.4 is 18.9 Å². The van der Waals surface area contributed by atoms with Crippen molar-refractivity contribution in [1.29, 1.82) is 0 Å². The van der Waals surface area contributed by atoms with Crippen molar-refractivity contribution in [3.63, 3.8) is 0 Å². The molecule has 0 fully saturated rings. The zero-order chi connectivity index (χ0) is 20.0. The van der Waals surface area contributed by atoms with Gasteiger partial charge in [-0.05, 0) is 41.5 Å². The zero-order valence-electron chi connectivity index (χ0n) is 15.9. The molecule has 0 saturated heterocycles. The van der Waals surface area contributed by atoms with Gasteiger partial charge in [-0.3, -0.25) is 0 Å². The molecule has 144 valence electrons. The van der Waals surface area contributed by atoms with Gasteiger partial charge in [0, 0.05) is 0 Å². The van der Waals surface area contributed by atoms with E-state index < -0.39 is 5.97 Å². The lowest BCUT2D eigenvalue weighted by atomic mass is 10.0. The molecule has 2 aromatic carbocycles. The Morgan fingerprint density at radius 3 is 1.89 bits per heavy atom. The summed E-state index contributed by atoms with van der Waals surface area (Å²) >= 11 is 0. The lowest BCUT2D eigenvalue weighted by Crippen LogP contribution is -2.05. The molecule has 0 unspecified atom stereocenters. The van der Waals surface area contributed by atoms with Crippen molar-refractivity contribution in [1.82, 2.24) is 0 Å². The van der Waals surface area contributed by atoms with E-state index in [-0.39, 0.29) is 11.3 Å². The smallest absolute Gasteiger partial charge is 0.338 e. The summed E-state index contributed by atoms with van der Waals surface area (Å²) in [6.07, 6.45) is 1.59. The Labute approximate surface area is 157 Å². The maximum atomic E-state index is 12.4. The average molecular weight is 374 g/mol. The number of carbonyl (C=O) groups is 1. The van der Waals surface area contributed by atoms with E-state index in [2.05, 4.69) is 0 Å². The summed E-state index contributed by atoms with van der Waals surface area (Å²) in [6.45, 7) is 0. The molecule has 0 aliphatic rings. The number of ether oxygens (including phenoxy) is 5. The number of esters is 1. The number of aromatic hydroxyl groups is 1. The van der Waals surface area contributed by atoms with Gasteiger partial charge in [0.15, 0.2) is 23.0 Å². The summed E-state index contributed by atoms with van der Waals surface area (Å²) in [6, 6.07) is 8.09. The van der Waals surface area contributed by atoms with E-state index in [9.17, 15) is 9.90 Å². The third kappa shape index (κ3) is 4.25. The van der Waals surface area contributed by atoms with Gasteiger partial charge in [0.2, 0.25) is 5.75 Å². The van der Waals surface area contributed by atoms with E-state index in [0.717, 1.165) is 0 Å². The fourth-order valence-corrected chi connectivity index (χ4v) is 2.57. The van der Waals surface area contributed by atoms with Crippen molar-refractivity contribution < 1.29 is 33.6 Å². The van der Waals surface area contributed by atoms with Gasteiger partial charge in [-0.25, -0.2) is 4.79 Å². The number of carbonyl (C=O) groups excluding carboxylic acids is 1. The Kier molecular flexibility index (Phi) is 6.54. The minimum atomic E-state index is -0.556. The molecule has 0 saturated carbocycles. The molecule has 0 aliphatic heterocycles. The minimum absolute atomic E-state index is 0.0413. The number of hydrogen-bond donors (Lipinski definition) is 1. The Bertz CT molecular complexity index is 830. The second kappa shape index (κ2) is 8.84. The molecule has 0 bridgehead atoms. The Balaban J connectivity index is 2.64. The molecule has 1 N–H and O–H groups in total. The van der Waals surface area contributed by atoms with Gasteiger partial charge in [-0.2, -0.15) is 0 Å². The Morgan fingerprint density at radius 2 is 1.44 bits per heavy atom. The molecule has 2 rings (SSSR count). The topological polar surface area (TPSA) is 83.5 Å². The maximum Gasteiger partial charge on any atom is 0.338 e. The average Bonchev–Trinajstić information content (AvgIpc) is 2.70. The maximum absolute atomic E-state index is 12.4. The van der Waals surface area contributed by atoms with Crippen molar-refractivity contribution in [3.05, 3.63) is 41.5 Å². The number of rotatable bonds is 7. The second-order valence-corrected chi connectivity index (χ2v) is 5.39. The van der Waals surface area contributed by atoms with Crippen molar-refractivity contribution in [2.24, 2.45) is 0 Å². The summed E-state index contributed by atoms with van der Waals surface area (Å²) in [7, 11) is 7.23. The van der Waals surface area contributed by atoms with Crippen LogP contribution in [0, 0.1) is 0 Å². The van der Waals surface area contributed by atoms with Crippen LogP contribution in [0.4, 0.5) is 0 Å². The first kappa shape index (κ1) is 20.0. The summed E-state index contributed by atoms with van der Waals surface area (Å²) in [5.41, 5.74) is 1.34. The quantitative estimate of drug-likeness (QED) is 0.453. The van der Waals surface area contributed by atoms with Crippen LogP contribution in [-0.2, 0) is 9.53 Å². The lowest BCUT2D eigenvalue weighted by molar-refractivity contribution is -0.133. The zero-order valence-corrected chi connectivity index (χ0v) is 15.9. The monoisotopic (exact) mass is 374 g/mol. The first-order chi connectivity index (χ1) is 13.0. The molecule has 0 aromatic heterocycles. The van der Waals surface area contributed by atoms with E-state index in [1.807, 2.05) is 0 Å². The number of methoxy groups -OCH3 is 5. The molecule has 0 atom stereocenters. The van der Waals surface area contributed by atoms with Crippen LogP contribution >= 0.6 is 0 Å². The second-order valence-electron chi connectivity index (χ2n) is 5.39. The van der Waals surface area contributed by atoms with Gasteiger partial charge in [0.25, 0.3) is 0 Å². The third-order valence-corrected chi connectivity index (χ3v) is 3.89. The highest BCUT2D eigenvalue weighted by molar-refractivity contribution is 6.21. The van der Waals surface area contributed by atoms with E-state index >= 15 is 0 Å². The highest BCUT2D eigenvalue weighted by atomic mass is 16.5. The molecule has 27 heavy (non-hydrogen) atoms. The molecule has 7 nitrogen and oxygen atoms in total. The molecule has 0 spiro atoms. The first-order valence-corrected chi connectivity index (χ1v) is 7.96. The number of phenolic OH excluding ortho intramolecular Hbond substituents is 1. The predicted molar refractivity (Wildman–Crippen MR) is 101 cm³/mol. The van der Waals surface area contributed by atoms with Gasteiger partial charge < -0.3 is 28.8 Å². The van der Waals surface area contributed by atoms with E-state index in [0.29, 0.717) is 34.1 Å². The number of benzene rings is 2. The van der Waals surface area contributed by atoms with E-state index in [4.69, 9.17) is 23.7 Å². The van der Waals surface area contributed by atoms with Gasteiger partial charge >= 0.3 is 5.97 Å². The van der Waals surface area contributed by atoms with Gasteiger partial charge in [0.1, 0.15) is 0 Å². The van der Waals surface area contributed by atoms with Crippen molar-refractivity contribution in [3.8, 4) is 28.7 Å². The summed E-state index contributed by atoms with van der Waals surface area (Å²) in [4.78, 5) is 12.4. The van der Waals surface area contributed by atoms with Crippen LogP contribution in [0.15, 0.2) is 30.3 Å². The molecule has 0 amide bonds. The van der Waals surface area contributed by atoms with Gasteiger partial charge in [-0.1, -0.05) is 6.07 Å². The molecule has 0 aliphatic carbocycles. The Morgan fingerprint density at radius 1 is 0.852 bits per heavy atom. The molecular formula is C20H22O7. The summed E-state index contributed by atoms with van der Waals surface area (Å²) in [5, 5.41) is 9.98. The summed E-state index contributed by atoms with van der Waals surface area (Å²) < 4.78 is 25.9. The molecular weight excluding hydrogens is 352 g/mol. The van der Waals surface area contributed by atoms with Crippen LogP contribution in [0.25, 0.3) is 11.6 Å². The molecule has 0 radical (unpaired) electrons. The minimum Gasteiger partial charge on any atom is -0.504 e. The number of phenols is 1. The highest BCUT2D eigenvalue weighted by Crippen LogP contribution is 2.40. The van der Waals surface area contributed by atoms with Crippen molar-refractivity contribution >= 4 is 17.6 Å². The predicted octanol–water partition coefficient (Wildman–Crippen LogP) is 3.14. The normalized spacial score (nSPS) is 10.9. The van der Waals surface area contributed by atoms with E-state index in [1.165, 1.54) is 41.6 Å². The van der Waals surface area contributed by atoms with Gasteiger partial charge in [0.05, 0.1) is 41.1 Å². The lowest BCUT2D eigenvalue weighted by Gasteiger charge is -2.15. The van der Waals surface area contributed by atoms with Crippen LogP contribution in [0.2, 0.25) is 0 Å². The van der Waals surface area contributed by atoms with Crippen molar-refractivity contribution in [2.75, 3.05) is 35.5 Å². The highest BCUT2D eigenvalue weighted by Gasteiger charge is 2.19. The van der Waals surface area contributed by atoms with Crippen LogP contribution in [-0.4, -0.2) is 46.6 Å². The van der Waals surface area contributed by atoms with Crippen LogP contribution in [0.5, 0.6) is 28.7 Å². The third-order valence-electron chi connectivity index (χ3n) is 3.89. The SMILES string of the molecule is COC(=O)/C(=C/c1ccc(OC)c(O)c1)c1cc(OC)c(OC)c(OC)c1.